The van der Waals surface area contributed by atoms with Crippen LogP contribution < -0.4 is 4.90 Å². The molecule has 2 aliphatic carbocycles. The molecule has 9 aromatic carbocycles. The molecule has 0 saturated carbocycles. The maximum absolute atomic E-state index is 6.55. The molecule has 0 saturated heterocycles. The first kappa shape index (κ1) is 36.0. The lowest BCUT2D eigenvalue weighted by molar-refractivity contribution is 0.673. The van der Waals surface area contributed by atoms with E-state index in [0.29, 0.717) is 0 Å². The van der Waals surface area contributed by atoms with Crippen LogP contribution in [-0.4, -0.2) is 0 Å². The van der Waals surface area contributed by atoms with Crippen LogP contribution in [0.2, 0.25) is 0 Å². The minimum Gasteiger partial charge on any atom is -0.455 e. The van der Waals surface area contributed by atoms with E-state index >= 15 is 0 Å². The predicted octanol–water partition coefficient (Wildman–Crippen LogP) is 16.3. The van der Waals surface area contributed by atoms with Crippen LogP contribution in [0.4, 0.5) is 17.1 Å². The summed E-state index contributed by atoms with van der Waals surface area (Å²) in [6, 6.07) is 76.7. The molecule has 1 aromatic heterocycles. The van der Waals surface area contributed by atoms with Gasteiger partial charge in [-0.15, -0.1) is 0 Å². The Morgan fingerprint density at radius 1 is 0.403 bits per heavy atom. The molecule has 2 heteroatoms. The second-order valence-corrected chi connectivity index (χ2v) is 16.4. The number of hydrogen-bond donors (Lipinski definition) is 0. The normalized spacial score (nSPS) is 15.5. The quantitative estimate of drug-likeness (QED) is 0.160. The number of benzene rings is 9. The summed E-state index contributed by atoms with van der Waals surface area (Å²) in [7, 11) is 0. The Hall–Kier alpha value is -7.94. The highest BCUT2D eigenvalue weighted by atomic mass is 16.3. The molecule has 0 spiro atoms. The summed E-state index contributed by atoms with van der Waals surface area (Å²) in [5.74, 6) is 0.502. The van der Waals surface area contributed by atoms with Gasteiger partial charge >= 0.3 is 0 Å². The second-order valence-electron chi connectivity index (χ2n) is 16.4. The van der Waals surface area contributed by atoms with Gasteiger partial charge in [-0.2, -0.15) is 0 Å². The molecule has 2 unspecified atom stereocenters. The minimum absolute atomic E-state index is 0.223. The average Bonchev–Trinajstić information content (AvgIpc) is 3.75. The number of furan rings is 1. The van der Waals surface area contributed by atoms with E-state index in [0.717, 1.165) is 55.5 Å². The van der Waals surface area contributed by atoms with Crippen molar-refractivity contribution in [3.63, 3.8) is 0 Å². The lowest BCUT2D eigenvalue weighted by atomic mass is 9.69. The molecular formula is C60H41NO. The highest BCUT2D eigenvalue weighted by molar-refractivity contribution is 6.19. The summed E-state index contributed by atoms with van der Waals surface area (Å²) in [5.41, 5.74) is 17.7. The van der Waals surface area contributed by atoms with E-state index in [-0.39, 0.29) is 11.8 Å². The first-order chi connectivity index (χ1) is 30.7. The van der Waals surface area contributed by atoms with Crippen LogP contribution in [0.15, 0.2) is 241 Å². The Labute approximate surface area is 361 Å². The summed E-state index contributed by atoms with van der Waals surface area (Å²) < 4.78 is 6.55. The van der Waals surface area contributed by atoms with E-state index in [1.807, 2.05) is 0 Å². The van der Waals surface area contributed by atoms with Crippen molar-refractivity contribution in [2.24, 2.45) is 5.92 Å². The summed E-state index contributed by atoms with van der Waals surface area (Å²) >= 11 is 0. The van der Waals surface area contributed by atoms with Crippen molar-refractivity contribution in [3.8, 4) is 22.3 Å². The summed E-state index contributed by atoms with van der Waals surface area (Å²) in [5, 5.41) is 4.60. The summed E-state index contributed by atoms with van der Waals surface area (Å²) in [6.07, 6.45) is 9.44. The number of allylic oxidation sites excluding steroid dienone is 5. The monoisotopic (exact) mass is 791 g/mol. The van der Waals surface area contributed by atoms with E-state index in [1.165, 1.54) is 49.9 Å². The molecule has 1 heterocycles. The highest BCUT2D eigenvalue weighted by Gasteiger charge is 2.32. The van der Waals surface area contributed by atoms with E-state index < -0.39 is 0 Å². The molecule has 292 valence electrons. The van der Waals surface area contributed by atoms with E-state index in [4.69, 9.17) is 4.42 Å². The van der Waals surface area contributed by atoms with Crippen LogP contribution >= 0.6 is 0 Å². The first-order valence-electron chi connectivity index (χ1n) is 21.5. The van der Waals surface area contributed by atoms with E-state index in [1.54, 1.807) is 0 Å². The number of rotatable bonds is 7. The van der Waals surface area contributed by atoms with Crippen LogP contribution in [0.1, 0.15) is 28.2 Å². The van der Waals surface area contributed by atoms with Crippen molar-refractivity contribution in [2.75, 3.05) is 4.90 Å². The Balaban J connectivity index is 0.928. The van der Waals surface area contributed by atoms with Gasteiger partial charge in [-0.05, 0) is 110 Å². The molecule has 2 atom stereocenters. The molecule has 0 N–H and O–H groups in total. The lowest BCUT2D eigenvalue weighted by Crippen LogP contribution is -2.19. The van der Waals surface area contributed by atoms with E-state index in [2.05, 4.69) is 242 Å². The van der Waals surface area contributed by atoms with E-state index in [9.17, 15) is 0 Å². The van der Waals surface area contributed by atoms with Crippen LogP contribution in [0.25, 0.3) is 66.1 Å². The van der Waals surface area contributed by atoms with Gasteiger partial charge in [-0.25, -0.2) is 0 Å². The van der Waals surface area contributed by atoms with Crippen LogP contribution in [0, 0.1) is 5.92 Å². The SMILES string of the molecule is C1=CC2c3ccccc3C(c3ccccc3)=CC2C(c2ccc(N(c3ccc(-c4ccccc4)cc3)c3ccc(-c4cccc5oc6c7ccccc7ccc6c45)cc3)cc2)=C1. The van der Waals surface area contributed by atoms with Crippen molar-refractivity contribution in [3.05, 3.63) is 259 Å². The fourth-order valence-corrected chi connectivity index (χ4v) is 9.92. The van der Waals surface area contributed by atoms with Crippen molar-refractivity contribution < 1.29 is 4.42 Å². The number of anilines is 3. The zero-order valence-corrected chi connectivity index (χ0v) is 34.0. The molecule has 0 amide bonds. The van der Waals surface area contributed by atoms with Gasteiger partial charge in [0.1, 0.15) is 11.2 Å². The molecule has 0 radical (unpaired) electrons. The summed E-state index contributed by atoms with van der Waals surface area (Å²) in [6.45, 7) is 0. The van der Waals surface area contributed by atoms with Gasteiger partial charge in [0, 0.05) is 45.1 Å². The highest BCUT2D eigenvalue weighted by Crippen LogP contribution is 2.49. The third kappa shape index (κ3) is 6.11. The Morgan fingerprint density at radius 3 is 1.74 bits per heavy atom. The number of hydrogen-bond acceptors (Lipinski definition) is 2. The van der Waals surface area contributed by atoms with Gasteiger partial charge in [0.15, 0.2) is 0 Å². The fraction of sp³-hybridized carbons (Fsp3) is 0.0333. The first-order valence-corrected chi connectivity index (χ1v) is 21.5. The average molecular weight is 792 g/mol. The molecule has 0 aliphatic heterocycles. The zero-order valence-electron chi connectivity index (χ0n) is 34.0. The smallest absolute Gasteiger partial charge is 0.143 e. The van der Waals surface area contributed by atoms with Crippen molar-refractivity contribution in [1.29, 1.82) is 0 Å². The second kappa shape index (κ2) is 15.0. The van der Waals surface area contributed by atoms with Crippen LogP contribution in [-0.2, 0) is 0 Å². The Kier molecular flexibility index (Phi) is 8.67. The van der Waals surface area contributed by atoms with Crippen molar-refractivity contribution in [2.45, 2.75) is 5.92 Å². The van der Waals surface area contributed by atoms with Gasteiger partial charge < -0.3 is 9.32 Å². The minimum atomic E-state index is 0.223. The van der Waals surface area contributed by atoms with Crippen LogP contribution in [0.3, 0.4) is 0 Å². The molecule has 0 bridgehead atoms. The number of nitrogens with zero attached hydrogens (tertiary/aromatic N) is 1. The molecule has 62 heavy (non-hydrogen) atoms. The van der Waals surface area contributed by atoms with Crippen molar-refractivity contribution >= 4 is 60.9 Å². The molecular weight excluding hydrogens is 751 g/mol. The zero-order chi connectivity index (χ0) is 41.0. The third-order valence-corrected chi connectivity index (χ3v) is 12.9. The van der Waals surface area contributed by atoms with Gasteiger partial charge in [0.25, 0.3) is 0 Å². The van der Waals surface area contributed by atoms with Gasteiger partial charge in [-0.1, -0.05) is 188 Å². The predicted molar refractivity (Wildman–Crippen MR) is 260 cm³/mol. The fourth-order valence-electron chi connectivity index (χ4n) is 9.92. The van der Waals surface area contributed by atoms with Gasteiger partial charge in [0.05, 0.1) is 0 Å². The molecule has 0 fully saturated rings. The van der Waals surface area contributed by atoms with Gasteiger partial charge in [-0.3, -0.25) is 0 Å². The lowest BCUT2D eigenvalue weighted by Gasteiger charge is -2.35. The Morgan fingerprint density at radius 2 is 1.00 bits per heavy atom. The maximum atomic E-state index is 6.55. The Bertz CT molecular complexity index is 3370. The standard InChI is InChI=1S/C60H41NO/c1-3-13-40(14-4-1)41-25-32-46(33-26-41)61(48-36-29-45(30-37-48)50-22-12-24-58-59(50)55-38-31-43-17-7-8-18-51(43)60(55)62-58)47-34-27-44(28-35-47)49-21-11-23-54-52-19-9-10-20-53(52)56(39-57(49)54)42-15-5-2-6-16-42/h1-39,54,57H. The molecule has 12 rings (SSSR count). The van der Waals surface area contributed by atoms with Crippen molar-refractivity contribution in [1.82, 2.24) is 0 Å². The largest absolute Gasteiger partial charge is 0.455 e. The van der Waals surface area contributed by atoms with Crippen LogP contribution in [0.5, 0.6) is 0 Å². The molecule has 2 aliphatic rings. The molecule has 2 nitrogen and oxygen atoms in total. The maximum Gasteiger partial charge on any atom is 0.143 e. The topological polar surface area (TPSA) is 16.4 Å². The number of fused-ring (bicyclic) bond motifs is 8. The van der Waals surface area contributed by atoms with Gasteiger partial charge in [0.2, 0.25) is 0 Å². The molecule has 10 aromatic rings. The third-order valence-electron chi connectivity index (χ3n) is 12.9. The summed E-state index contributed by atoms with van der Waals surface area (Å²) in [4.78, 5) is 2.37.